The van der Waals surface area contributed by atoms with Gasteiger partial charge in [-0.1, -0.05) is 34.8 Å². The molecule has 0 bridgehead atoms. The third kappa shape index (κ3) is 2.87. The average molecular weight is 309 g/mol. The topological polar surface area (TPSA) is 54.9 Å². The minimum Gasteiger partial charge on any atom is -0.319 e. The van der Waals surface area contributed by atoms with Crippen LogP contribution in [0.25, 0.3) is 0 Å². The van der Waals surface area contributed by atoms with Gasteiger partial charge in [0, 0.05) is 0 Å². The highest BCUT2D eigenvalue weighted by Crippen LogP contribution is 2.29. The van der Waals surface area contributed by atoms with Gasteiger partial charge in [-0.2, -0.15) is 4.37 Å². The van der Waals surface area contributed by atoms with Gasteiger partial charge in [-0.05, 0) is 23.7 Å². The molecule has 2 aromatic rings. The highest BCUT2D eigenvalue weighted by Gasteiger charge is 2.17. The molecular weight excluding hydrogens is 305 g/mol. The number of halogens is 3. The fourth-order valence-corrected chi connectivity index (χ4v) is 2.15. The Balaban J connectivity index is 2.17. The van der Waals surface area contributed by atoms with Gasteiger partial charge in [0.05, 0.1) is 11.9 Å². The fraction of sp³-hybridized carbons (Fsp3) is 0. The molecule has 0 radical (unpaired) electrons. The molecule has 0 saturated carbocycles. The largest absolute Gasteiger partial charge is 0.319 e. The lowest BCUT2D eigenvalue weighted by molar-refractivity contribution is 0.102. The quantitative estimate of drug-likeness (QED) is 0.860. The van der Waals surface area contributed by atoms with Gasteiger partial charge in [-0.15, -0.1) is 0 Å². The number of carbonyl (C=O) groups excluding carboxylic acids is 1. The molecule has 0 saturated heterocycles. The minimum atomic E-state index is -0.442. The number of hydrogen-bond donors (Lipinski definition) is 1. The van der Waals surface area contributed by atoms with Crippen molar-refractivity contribution in [2.24, 2.45) is 0 Å². The van der Waals surface area contributed by atoms with Crippen LogP contribution in [-0.2, 0) is 0 Å². The molecule has 2 aromatic heterocycles. The van der Waals surface area contributed by atoms with Gasteiger partial charge in [-0.3, -0.25) is 4.79 Å². The van der Waals surface area contributed by atoms with Crippen LogP contribution in [-0.4, -0.2) is 15.3 Å². The minimum absolute atomic E-state index is 0.0941. The second kappa shape index (κ2) is 5.18. The number of aromatic nitrogens is 2. The van der Waals surface area contributed by atoms with E-state index in [9.17, 15) is 4.79 Å². The van der Waals surface area contributed by atoms with Crippen molar-refractivity contribution in [2.75, 3.05) is 5.32 Å². The molecule has 0 fully saturated rings. The second-order valence-corrected chi connectivity index (χ2v) is 5.08. The van der Waals surface area contributed by atoms with Crippen molar-refractivity contribution in [3.05, 3.63) is 38.5 Å². The smallest absolute Gasteiger partial charge is 0.277 e. The van der Waals surface area contributed by atoms with Crippen LogP contribution >= 0.6 is 46.3 Å². The third-order valence-corrected chi connectivity index (χ3v) is 3.63. The first-order valence-corrected chi connectivity index (χ1v) is 6.22. The standard InChI is InChI=1S/C9H4Cl3N3OS/c10-5-2-1-4(3-13-5)14-9(16)7-6(11)8(12)17-15-7/h1-3H,(H,14,16). The van der Waals surface area contributed by atoms with Crippen LogP contribution in [0.5, 0.6) is 0 Å². The van der Waals surface area contributed by atoms with Crippen molar-refractivity contribution in [1.82, 2.24) is 9.36 Å². The molecule has 88 valence electrons. The lowest BCUT2D eigenvalue weighted by atomic mass is 10.3. The Morgan fingerprint density at radius 3 is 2.59 bits per heavy atom. The number of nitrogens with zero attached hydrogens (tertiary/aromatic N) is 2. The Morgan fingerprint density at radius 2 is 2.06 bits per heavy atom. The Kier molecular flexibility index (Phi) is 3.83. The predicted octanol–water partition coefficient (Wildman–Crippen LogP) is 3.75. The first kappa shape index (κ1) is 12.6. The highest BCUT2D eigenvalue weighted by molar-refractivity contribution is 7.11. The van der Waals surface area contributed by atoms with E-state index in [-0.39, 0.29) is 15.1 Å². The highest BCUT2D eigenvalue weighted by atomic mass is 35.5. The van der Waals surface area contributed by atoms with Crippen molar-refractivity contribution in [2.45, 2.75) is 0 Å². The molecule has 1 N–H and O–H groups in total. The van der Waals surface area contributed by atoms with Gasteiger partial charge < -0.3 is 5.32 Å². The van der Waals surface area contributed by atoms with E-state index < -0.39 is 5.91 Å². The summed E-state index contributed by atoms with van der Waals surface area (Å²) in [6.45, 7) is 0. The van der Waals surface area contributed by atoms with Crippen LogP contribution in [0, 0.1) is 0 Å². The number of pyridine rings is 1. The molecule has 0 unspecified atom stereocenters. The predicted molar refractivity (Wildman–Crippen MR) is 69.3 cm³/mol. The van der Waals surface area contributed by atoms with Crippen LogP contribution in [0.15, 0.2) is 18.3 Å². The Labute approximate surface area is 116 Å². The second-order valence-electron chi connectivity index (χ2n) is 2.94. The van der Waals surface area contributed by atoms with E-state index in [1.54, 1.807) is 12.1 Å². The van der Waals surface area contributed by atoms with Crippen LogP contribution < -0.4 is 5.32 Å². The van der Waals surface area contributed by atoms with Crippen LogP contribution in [0.2, 0.25) is 14.5 Å². The maximum absolute atomic E-state index is 11.8. The monoisotopic (exact) mass is 307 g/mol. The summed E-state index contributed by atoms with van der Waals surface area (Å²) in [6.07, 6.45) is 1.43. The average Bonchev–Trinajstić information content (AvgIpc) is 2.63. The molecule has 0 aliphatic heterocycles. The molecule has 0 atom stereocenters. The zero-order valence-corrected chi connectivity index (χ0v) is 11.2. The SMILES string of the molecule is O=C(Nc1ccc(Cl)nc1)c1nsc(Cl)c1Cl. The van der Waals surface area contributed by atoms with Crippen molar-refractivity contribution in [3.8, 4) is 0 Å². The molecule has 8 heteroatoms. The number of rotatable bonds is 2. The molecule has 0 aliphatic rings. The Morgan fingerprint density at radius 1 is 1.29 bits per heavy atom. The van der Waals surface area contributed by atoms with Gasteiger partial charge in [-0.25, -0.2) is 4.98 Å². The maximum atomic E-state index is 11.8. The summed E-state index contributed by atoms with van der Waals surface area (Å²) >= 11 is 18.1. The third-order valence-electron chi connectivity index (χ3n) is 1.80. The van der Waals surface area contributed by atoms with Gasteiger partial charge in [0.1, 0.15) is 14.5 Å². The Bertz CT molecular complexity index is 555. The molecule has 2 rings (SSSR count). The van der Waals surface area contributed by atoms with Crippen LogP contribution in [0.4, 0.5) is 5.69 Å². The number of carbonyl (C=O) groups is 1. The van der Waals surface area contributed by atoms with Crippen molar-refractivity contribution in [1.29, 1.82) is 0 Å². The first-order valence-electron chi connectivity index (χ1n) is 4.31. The normalized spacial score (nSPS) is 10.3. The molecule has 4 nitrogen and oxygen atoms in total. The summed E-state index contributed by atoms with van der Waals surface area (Å²) in [7, 11) is 0. The molecule has 1 amide bonds. The number of anilines is 1. The molecule has 0 spiro atoms. The molecule has 2 heterocycles. The summed E-state index contributed by atoms with van der Waals surface area (Å²) in [5.74, 6) is -0.442. The molecule has 17 heavy (non-hydrogen) atoms. The molecular formula is C9H4Cl3N3OS. The number of hydrogen-bond acceptors (Lipinski definition) is 4. The lowest BCUT2D eigenvalue weighted by Gasteiger charge is -2.02. The van der Waals surface area contributed by atoms with Crippen molar-refractivity contribution < 1.29 is 4.79 Å². The fourth-order valence-electron chi connectivity index (χ4n) is 1.04. The summed E-state index contributed by atoms with van der Waals surface area (Å²) in [5, 5.41) is 3.07. The van der Waals surface area contributed by atoms with E-state index in [4.69, 9.17) is 34.8 Å². The van der Waals surface area contributed by atoms with Crippen molar-refractivity contribution >= 4 is 57.9 Å². The molecule has 0 aliphatic carbocycles. The molecule has 0 aromatic carbocycles. The van der Waals surface area contributed by atoms with Gasteiger partial charge in [0.2, 0.25) is 0 Å². The van der Waals surface area contributed by atoms with Crippen molar-refractivity contribution in [3.63, 3.8) is 0 Å². The van der Waals surface area contributed by atoms with E-state index in [1.807, 2.05) is 0 Å². The zero-order valence-electron chi connectivity index (χ0n) is 8.08. The van der Waals surface area contributed by atoms with Gasteiger partial charge >= 0.3 is 0 Å². The maximum Gasteiger partial charge on any atom is 0.277 e. The van der Waals surface area contributed by atoms with E-state index in [0.717, 1.165) is 11.5 Å². The van der Waals surface area contributed by atoms with Gasteiger partial charge in [0.25, 0.3) is 5.91 Å². The van der Waals surface area contributed by atoms with Gasteiger partial charge in [0.15, 0.2) is 5.69 Å². The van der Waals surface area contributed by atoms with E-state index in [2.05, 4.69) is 14.7 Å². The summed E-state index contributed by atoms with van der Waals surface area (Å²) in [5.41, 5.74) is 0.594. The zero-order chi connectivity index (χ0) is 12.4. The Hall–Kier alpha value is -0.880. The number of amides is 1. The van der Waals surface area contributed by atoms with E-state index in [0.29, 0.717) is 10.8 Å². The van der Waals surface area contributed by atoms with Crippen LogP contribution in [0.3, 0.4) is 0 Å². The lowest BCUT2D eigenvalue weighted by Crippen LogP contribution is -2.12. The summed E-state index contributed by atoms with van der Waals surface area (Å²) < 4.78 is 4.13. The van der Waals surface area contributed by atoms with Crippen LogP contribution in [0.1, 0.15) is 10.5 Å². The summed E-state index contributed by atoms with van der Waals surface area (Å²) in [4.78, 5) is 15.6. The van der Waals surface area contributed by atoms with E-state index >= 15 is 0 Å². The number of nitrogens with one attached hydrogen (secondary N) is 1. The summed E-state index contributed by atoms with van der Waals surface area (Å²) in [6, 6.07) is 3.18. The van der Waals surface area contributed by atoms with E-state index in [1.165, 1.54) is 6.20 Å². The first-order chi connectivity index (χ1) is 8.08.